The highest BCUT2D eigenvalue weighted by atomic mass is 16.2. The number of carbonyl (C=O) groups excluding carboxylic acids is 2. The number of rotatable bonds is 5. The normalized spacial score (nSPS) is 19.4. The minimum Gasteiger partial charge on any atom is -0.327 e. The van der Waals surface area contributed by atoms with Crippen molar-refractivity contribution in [1.29, 1.82) is 0 Å². The van der Waals surface area contributed by atoms with Crippen molar-refractivity contribution in [2.45, 2.75) is 31.7 Å². The van der Waals surface area contributed by atoms with E-state index in [4.69, 9.17) is 5.73 Å². The number of hydrogen-bond donors (Lipinski definition) is 3. The van der Waals surface area contributed by atoms with Crippen LogP contribution in [0.5, 0.6) is 0 Å². The molecule has 0 saturated heterocycles. The lowest BCUT2D eigenvalue weighted by molar-refractivity contribution is -0.117. The summed E-state index contributed by atoms with van der Waals surface area (Å²) in [7, 11) is 0. The lowest BCUT2D eigenvalue weighted by atomic mass is 10.00. The molecule has 0 bridgehead atoms. The van der Waals surface area contributed by atoms with Gasteiger partial charge in [-0.25, -0.2) is 0 Å². The molecule has 0 unspecified atom stereocenters. The largest absolute Gasteiger partial charge is 0.327 e. The van der Waals surface area contributed by atoms with Crippen LogP contribution in [0.25, 0.3) is 0 Å². The Kier molecular flexibility index (Phi) is 5.40. The summed E-state index contributed by atoms with van der Waals surface area (Å²) in [5.74, 6) is -0.00246. The summed E-state index contributed by atoms with van der Waals surface area (Å²) in [6.07, 6.45) is 6.67. The Morgan fingerprint density at radius 2 is 1.80 bits per heavy atom. The van der Waals surface area contributed by atoms with Gasteiger partial charge in [0.05, 0.1) is 0 Å². The van der Waals surface area contributed by atoms with Gasteiger partial charge in [-0.2, -0.15) is 0 Å². The van der Waals surface area contributed by atoms with E-state index in [1.54, 1.807) is 48.8 Å². The van der Waals surface area contributed by atoms with Gasteiger partial charge in [-0.1, -0.05) is 12.5 Å². The van der Waals surface area contributed by atoms with Crippen molar-refractivity contribution in [3.8, 4) is 0 Å². The van der Waals surface area contributed by atoms with Gasteiger partial charge in [0.2, 0.25) is 5.91 Å². The molecule has 1 aliphatic carbocycles. The summed E-state index contributed by atoms with van der Waals surface area (Å²) in [5.41, 5.74) is 7.83. The first kappa shape index (κ1) is 17.1. The second-order valence-corrected chi connectivity index (χ2v) is 6.38. The highest BCUT2D eigenvalue weighted by molar-refractivity contribution is 6.04. The minimum absolute atomic E-state index is 0.0417. The number of nitrogens with two attached hydrogens (primary N) is 1. The van der Waals surface area contributed by atoms with Crippen LogP contribution in [-0.2, 0) is 4.79 Å². The first-order chi connectivity index (χ1) is 12.1. The topological polar surface area (TPSA) is 97.1 Å². The van der Waals surface area contributed by atoms with Gasteiger partial charge in [0, 0.05) is 41.8 Å². The molecule has 1 aromatic carbocycles. The van der Waals surface area contributed by atoms with Crippen LogP contribution >= 0.6 is 0 Å². The Morgan fingerprint density at radius 3 is 2.48 bits per heavy atom. The fourth-order valence-corrected chi connectivity index (χ4v) is 3.15. The van der Waals surface area contributed by atoms with Crippen LogP contribution in [-0.4, -0.2) is 22.8 Å². The number of pyridine rings is 1. The molecule has 3 rings (SSSR count). The quantitative estimate of drug-likeness (QED) is 0.781. The summed E-state index contributed by atoms with van der Waals surface area (Å²) in [6, 6.07) is 10.5. The molecule has 130 valence electrons. The molecule has 2 atom stereocenters. The molecule has 2 amide bonds. The van der Waals surface area contributed by atoms with E-state index in [1.165, 1.54) is 0 Å². The summed E-state index contributed by atoms with van der Waals surface area (Å²) in [6.45, 7) is 0. The van der Waals surface area contributed by atoms with Gasteiger partial charge < -0.3 is 16.4 Å². The minimum atomic E-state index is -0.220. The van der Waals surface area contributed by atoms with Crippen molar-refractivity contribution in [1.82, 2.24) is 4.98 Å². The fraction of sp³-hybridized carbons (Fsp3) is 0.316. The molecular weight excluding hydrogens is 316 g/mol. The standard InChI is InChI=1S/C19H22N4O2/c20-17-6-1-3-14(17)11-18(24)22-15-4-2-5-16(12-15)23-19(25)13-7-9-21-10-8-13/h2,4-5,7-10,12,14,17H,1,3,6,11,20H2,(H,22,24)(H,23,25)/t14-,17+/m0/s1. The molecule has 4 N–H and O–H groups in total. The van der Waals surface area contributed by atoms with Gasteiger partial charge in [-0.05, 0) is 49.1 Å². The van der Waals surface area contributed by atoms with E-state index in [0.29, 0.717) is 23.4 Å². The van der Waals surface area contributed by atoms with Crippen molar-refractivity contribution in [2.24, 2.45) is 11.7 Å². The first-order valence-corrected chi connectivity index (χ1v) is 8.48. The van der Waals surface area contributed by atoms with Gasteiger partial charge in [0.25, 0.3) is 5.91 Å². The van der Waals surface area contributed by atoms with E-state index in [-0.39, 0.29) is 23.8 Å². The zero-order chi connectivity index (χ0) is 17.6. The van der Waals surface area contributed by atoms with Gasteiger partial charge in [-0.15, -0.1) is 0 Å². The van der Waals surface area contributed by atoms with E-state index in [0.717, 1.165) is 19.3 Å². The number of anilines is 2. The smallest absolute Gasteiger partial charge is 0.255 e. The molecule has 1 heterocycles. The predicted molar refractivity (Wildman–Crippen MR) is 97.2 cm³/mol. The SMILES string of the molecule is N[C@@H]1CCC[C@H]1CC(=O)Nc1cccc(NC(=O)c2ccncc2)c1. The number of benzene rings is 1. The van der Waals surface area contributed by atoms with Crippen LogP contribution in [0.4, 0.5) is 11.4 Å². The summed E-state index contributed by atoms with van der Waals surface area (Å²) >= 11 is 0. The maximum absolute atomic E-state index is 12.2. The van der Waals surface area contributed by atoms with Crippen LogP contribution in [0.1, 0.15) is 36.0 Å². The summed E-state index contributed by atoms with van der Waals surface area (Å²) < 4.78 is 0. The lowest BCUT2D eigenvalue weighted by Gasteiger charge is -2.15. The summed E-state index contributed by atoms with van der Waals surface area (Å²) in [4.78, 5) is 28.3. The van der Waals surface area contributed by atoms with Crippen LogP contribution in [0, 0.1) is 5.92 Å². The third-order valence-corrected chi connectivity index (χ3v) is 4.51. The summed E-state index contributed by atoms with van der Waals surface area (Å²) in [5, 5.41) is 5.70. The molecule has 0 aliphatic heterocycles. The monoisotopic (exact) mass is 338 g/mol. The number of aromatic nitrogens is 1. The van der Waals surface area contributed by atoms with Gasteiger partial charge in [0.1, 0.15) is 0 Å². The second kappa shape index (κ2) is 7.90. The second-order valence-electron chi connectivity index (χ2n) is 6.38. The molecule has 6 nitrogen and oxygen atoms in total. The zero-order valence-electron chi connectivity index (χ0n) is 13.9. The van der Waals surface area contributed by atoms with E-state index in [1.807, 2.05) is 0 Å². The van der Waals surface area contributed by atoms with Crippen molar-refractivity contribution in [2.75, 3.05) is 10.6 Å². The highest BCUT2D eigenvalue weighted by Crippen LogP contribution is 2.27. The molecule has 6 heteroatoms. The molecule has 2 aromatic rings. The third kappa shape index (κ3) is 4.64. The van der Waals surface area contributed by atoms with Crippen molar-refractivity contribution in [3.63, 3.8) is 0 Å². The maximum atomic E-state index is 12.2. The number of nitrogens with one attached hydrogen (secondary N) is 2. The first-order valence-electron chi connectivity index (χ1n) is 8.48. The average molecular weight is 338 g/mol. The zero-order valence-corrected chi connectivity index (χ0v) is 13.9. The van der Waals surface area contributed by atoms with E-state index >= 15 is 0 Å². The molecule has 1 fully saturated rings. The van der Waals surface area contributed by atoms with Gasteiger partial charge in [0.15, 0.2) is 0 Å². The molecule has 1 aromatic heterocycles. The third-order valence-electron chi connectivity index (χ3n) is 4.51. The van der Waals surface area contributed by atoms with E-state index < -0.39 is 0 Å². The lowest BCUT2D eigenvalue weighted by Crippen LogP contribution is -2.28. The molecule has 0 spiro atoms. The number of nitrogens with zero attached hydrogens (tertiary/aromatic N) is 1. The average Bonchev–Trinajstić information content (AvgIpc) is 3.00. The molecule has 25 heavy (non-hydrogen) atoms. The van der Waals surface area contributed by atoms with Gasteiger partial charge >= 0.3 is 0 Å². The predicted octanol–water partition coefficient (Wildman–Crippen LogP) is 2.79. The van der Waals surface area contributed by atoms with Crippen molar-refractivity contribution < 1.29 is 9.59 Å². The molecular formula is C19H22N4O2. The Balaban J connectivity index is 1.59. The highest BCUT2D eigenvalue weighted by Gasteiger charge is 2.26. The molecule has 0 radical (unpaired) electrons. The molecule has 1 aliphatic rings. The number of carbonyl (C=O) groups is 2. The Morgan fingerprint density at radius 1 is 1.08 bits per heavy atom. The Labute approximate surface area is 146 Å². The van der Waals surface area contributed by atoms with Crippen LogP contribution in [0.2, 0.25) is 0 Å². The Hall–Kier alpha value is -2.73. The molecule has 1 saturated carbocycles. The van der Waals surface area contributed by atoms with Crippen LogP contribution in [0.15, 0.2) is 48.8 Å². The van der Waals surface area contributed by atoms with Crippen LogP contribution in [0.3, 0.4) is 0 Å². The van der Waals surface area contributed by atoms with Crippen LogP contribution < -0.4 is 16.4 Å². The fourth-order valence-electron chi connectivity index (χ4n) is 3.15. The van der Waals surface area contributed by atoms with E-state index in [2.05, 4.69) is 15.6 Å². The van der Waals surface area contributed by atoms with Crippen molar-refractivity contribution >= 4 is 23.2 Å². The number of hydrogen-bond acceptors (Lipinski definition) is 4. The maximum Gasteiger partial charge on any atom is 0.255 e. The van der Waals surface area contributed by atoms with Gasteiger partial charge in [-0.3, -0.25) is 14.6 Å². The number of amides is 2. The Bertz CT molecular complexity index is 748. The van der Waals surface area contributed by atoms with Crippen molar-refractivity contribution in [3.05, 3.63) is 54.4 Å². The van der Waals surface area contributed by atoms with E-state index in [9.17, 15) is 9.59 Å².